The van der Waals surface area contributed by atoms with E-state index in [2.05, 4.69) is 0 Å². The Morgan fingerprint density at radius 3 is 2.16 bits per heavy atom. The highest BCUT2D eigenvalue weighted by Gasteiger charge is 2.49. The van der Waals surface area contributed by atoms with E-state index in [-0.39, 0.29) is 30.4 Å². The predicted octanol–water partition coefficient (Wildman–Crippen LogP) is 7.85. The predicted molar refractivity (Wildman–Crippen MR) is 146 cm³/mol. The van der Waals surface area contributed by atoms with Crippen molar-refractivity contribution < 1.29 is 40.3 Å². The minimum atomic E-state index is -5.09. The van der Waals surface area contributed by atoms with Gasteiger partial charge >= 0.3 is 18.4 Å². The SMILES string of the molecule is Cc1cc(F)ccc1[C@H]1[C@@H]2CN(C(=O)C(C)(C)C)CC2CCN1C(=O)N(C)C(C)c1ccc(C(F)(F)F)cc1C(F)(F)F. The van der Waals surface area contributed by atoms with E-state index < -0.39 is 58.4 Å². The first-order chi connectivity index (χ1) is 19.7. The fourth-order valence-corrected chi connectivity index (χ4v) is 6.38. The fourth-order valence-electron chi connectivity index (χ4n) is 6.38. The topological polar surface area (TPSA) is 43.9 Å². The molecule has 2 fully saturated rings. The third-order valence-electron chi connectivity index (χ3n) is 8.72. The largest absolute Gasteiger partial charge is 0.416 e. The number of hydrogen-bond acceptors (Lipinski definition) is 2. The van der Waals surface area contributed by atoms with Crippen LogP contribution in [0.2, 0.25) is 0 Å². The minimum absolute atomic E-state index is 0.0397. The molecule has 4 atom stereocenters. The number of benzene rings is 2. The van der Waals surface area contributed by atoms with Crippen molar-refractivity contribution in [3.63, 3.8) is 0 Å². The normalized spacial score (nSPS) is 21.9. The number of halogens is 7. The molecule has 236 valence electrons. The molecule has 0 aromatic heterocycles. The molecular formula is C31H36F7N3O2. The van der Waals surface area contributed by atoms with Crippen molar-refractivity contribution in [2.45, 2.75) is 65.5 Å². The number of likely N-dealkylation sites (tertiary alicyclic amines) is 2. The van der Waals surface area contributed by atoms with Crippen molar-refractivity contribution >= 4 is 11.9 Å². The Hall–Kier alpha value is -3.31. The number of carbonyl (C=O) groups excluding carboxylic acids is 2. The van der Waals surface area contributed by atoms with E-state index in [0.29, 0.717) is 36.7 Å². The first-order valence-corrected chi connectivity index (χ1v) is 14.1. The van der Waals surface area contributed by atoms with Crippen LogP contribution in [0.15, 0.2) is 36.4 Å². The number of fused-ring (bicyclic) bond motifs is 1. The van der Waals surface area contributed by atoms with Crippen LogP contribution in [0.5, 0.6) is 0 Å². The van der Waals surface area contributed by atoms with Crippen LogP contribution in [0.4, 0.5) is 35.5 Å². The summed E-state index contributed by atoms with van der Waals surface area (Å²) in [5.74, 6) is -0.676. The van der Waals surface area contributed by atoms with Crippen LogP contribution >= 0.6 is 0 Å². The molecule has 0 spiro atoms. The van der Waals surface area contributed by atoms with Crippen LogP contribution in [-0.2, 0) is 17.1 Å². The summed E-state index contributed by atoms with van der Waals surface area (Å²) >= 11 is 0. The molecular weight excluding hydrogens is 579 g/mol. The van der Waals surface area contributed by atoms with Gasteiger partial charge in [0.05, 0.1) is 23.2 Å². The molecule has 0 aliphatic carbocycles. The van der Waals surface area contributed by atoms with Crippen LogP contribution in [0.1, 0.15) is 74.0 Å². The third kappa shape index (κ3) is 6.47. The summed E-state index contributed by atoms with van der Waals surface area (Å²) in [7, 11) is 1.32. The van der Waals surface area contributed by atoms with Gasteiger partial charge in [-0.1, -0.05) is 32.9 Å². The number of piperidine rings is 1. The van der Waals surface area contributed by atoms with Crippen LogP contribution in [0, 0.1) is 30.0 Å². The van der Waals surface area contributed by atoms with Crippen LogP contribution in [0.25, 0.3) is 0 Å². The zero-order valence-electron chi connectivity index (χ0n) is 24.9. The molecule has 2 aliphatic heterocycles. The number of carbonyl (C=O) groups is 2. The lowest BCUT2D eigenvalue weighted by Crippen LogP contribution is -2.51. The summed E-state index contributed by atoms with van der Waals surface area (Å²) in [6, 6.07) is 3.18. The highest BCUT2D eigenvalue weighted by atomic mass is 19.4. The highest BCUT2D eigenvalue weighted by Crippen LogP contribution is 2.47. The van der Waals surface area contributed by atoms with Crippen molar-refractivity contribution in [3.8, 4) is 0 Å². The summed E-state index contributed by atoms with van der Waals surface area (Å²) < 4.78 is 95.7. The van der Waals surface area contributed by atoms with E-state index >= 15 is 0 Å². The Balaban J connectivity index is 1.71. The Labute approximate surface area is 246 Å². The van der Waals surface area contributed by atoms with Crippen molar-refractivity contribution in [2.24, 2.45) is 17.3 Å². The van der Waals surface area contributed by atoms with Gasteiger partial charge in [0.25, 0.3) is 0 Å². The van der Waals surface area contributed by atoms with Gasteiger partial charge in [0.15, 0.2) is 0 Å². The molecule has 0 saturated carbocycles. The fraction of sp³-hybridized carbons (Fsp3) is 0.548. The van der Waals surface area contributed by atoms with Gasteiger partial charge in [0.1, 0.15) is 5.82 Å². The van der Waals surface area contributed by atoms with Crippen LogP contribution < -0.4 is 0 Å². The Kier molecular flexibility index (Phi) is 8.58. The molecule has 3 amide bonds. The average molecular weight is 616 g/mol. The smallest absolute Gasteiger partial charge is 0.342 e. The number of amides is 3. The van der Waals surface area contributed by atoms with E-state index in [1.54, 1.807) is 22.8 Å². The summed E-state index contributed by atoms with van der Waals surface area (Å²) in [6.07, 6.45) is -9.53. The molecule has 2 aromatic rings. The zero-order valence-corrected chi connectivity index (χ0v) is 24.9. The molecule has 2 unspecified atom stereocenters. The Bertz CT molecular complexity index is 1380. The second-order valence-electron chi connectivity index (χ2n) is 12.7. The van der Waals surface area contributed by atoms with Gasteiger partial charge in [-0.2, -0.15) is 26.3 Å². The Morgan fingerprint density at radius 1 is 0.953 bits per heavy atom. The molecule has 0 N–H and O–H groups in total. The molecule has 2 saturated heterocycles. The van der Waals surface area contributed by atoms with Gasteiger partial charge in [0.2, 0.25) is 5.91 Å². The van der Waals surface area contributed by atoms with Gasteiger partial charge < -0.3 is 14.7 Å². The lowest BCUT2D eigenvalue weighted by Gasteiger charge is -2.45. The van der Waals surface area contributed by atoms with Gasteiger partial charge in [-0.15, -0.1) is 0 Å². The monoisotopic (exact) mass is 615 g/mol. The second kappa shape index (κ2) is 11.3. The van der Waals surface area contributed by atoms with E-state index in [4.69, 9.17) is 0 Å². The number of alkyl halides is 6. The molecule has 2 heterocycles. The van der Waals surface area contributed by atoms with E-state index in [1.165, 1.54) is 26.1 Å². The summed E-state index contributed by atoms with van der Waals surface area (Å²) in [5.41, 5.74) is -2.75. The highest BCUT2D eigenvalue weighted by molar-refractivity contribution is 5.82. The van der Waals surface area contributed by atoms with E-state index in [0.717, 1.165) is 11.0 Å². The molecule has 2 aromatic carbocycles. The van der Waals surface area contributed by atoms with Crippen molar-refractivity contribution in [2.75, 3.05) is 26.7 Å². The first kappa shape index (κ1) is 32.6. The number of rotatable bonds is 3. The molecule has 0 bridgehead atoms. The van der Waals surface area contributed by atoms with Crippen molar-refractivity contribution in [1.29, 1.82) is 0 Å². The van der Waals surface area contributed by atoms with Gasteiger partial charge in [-0.25, -0.2) is 9.18 Å². The maximum Gasteiger partial charge on any atom is 0.416 e. The number of hydrogen-bond donors (Lipinski definition) is 0. The minimum Gasteiger partial charge on any atom is -0.342 e. The molecule has 43 heavy (non-hydrogen) atoms. The molecule has 4 rings (SSSR count). The molecule has 2 aliphatic rings. The van der Waals surface area contributed by atoms with E-state index in [1.807, 2.05) is 20.8 Å². The van der Waals surface area contributed by atoms with Crippen molar-refractivity contribution in [1.82, 2.24) is 14.7 Å². The van der Waals surface area contributed by atoms with Gasteiger partial charge in [0, 0.05) is 38.0 Å². The molecule has 12 heteroatoms. The lowest BCUT2D eigenvalue weighted by molar-refractivity contribution is -0.144. The molecule has 0 radical (unpaired) electrons. The quantitative estimate of drug-likeness (QED) is 0.330. The molecule has 5 nitrogen and oxygen atoms in total. The summed E-state index contributed by atoms with van der Waals surface area (Å²) in [6.45, 7) is 9.58. The maximum atomic E-state index is 14.1. The second-order valence-corrected chi connectivity index (χ2v) is 12.7. The first-order valence-electron chi connectivity index (χ1n) is 14.1. The standard InChI is InChI=1S/C31H36F7N3O2/c1-17-13-21(32)8-10-22(17)26-24-16-40(27(42)29(3,4)5)15-19(24)11-12-41(26)28(43)39(6)18(2)23-9-7-20(30(33,34)35)14-25(23)31(36,37)38/h7-10,13-14,18-19,24,26H,11-12,15-16H2,1-6H3/t18?,19?,24-,26+/m1/s1. The third-order valence-corrected chi connectivity index (χ3v) is 8.72. The maximum absolute atomic E-state index is 14.1. The van der Waals surface area contributed by atoms with Gasteiger partial charge in [-0.3, -0.25) is 4.79 Å². The summed E-state index contributed by atoms with van der Waals surface area (Å²) in [4.78, 5) is 31.6. The number of urea groups is 1. The van der Waals surface area contributed by atoms with E-state index in [9.17, 15) is 40.3 Å². The summed E-state index contributed by atoms with van der Waals surface area (Å²) in [5, 5.41) is 0. The number of nitrogens with zero attached hydrogens (tertiary/aromatic N) is 3. The van der Waals surface area contributed by atoms with Crippen molar-refractivity contribution in [3.05, 3.63) is 70.0 Å². The average Bonchev–Trinajstić information content (AvgIpc) is 3.33. The lowest BCUT2D eigenvalue weighted by atomic mass is 9.78. The van der Waals surface area contributed by atoms with Crippen LogP contribution in [-0.4, -0.2) is 53.3 Å². The van der Waals surface area contributed by atoms with Crippen LogP contribution in [0.3, 0.4) is 0 Å². The zero-order chi connectivity index (χ0) is 32.2. The van der Waals surface area contributed by atoms with Gasteiger partial charge in [-0.05, 0) is 67.1 Å². The number of aryl methyl sites for hydroxylation is 1. The Morgan fingerprint density at radius 2 is 1.60 bits per heavy atom.